The van der Waals surface area contributed by atoms with Crippen molar-refractivity contribution >= 4 is 15.7 Å². The van der Waals surface area contributed by atoms with Gasteiger partial charge < -0.3 is 0 Å². The molecule has 0 unspecified atom stereocenters. The summed E-state index contributed by atoms with van der Waals surface area (Å²) in [6.45, 7) is 2.98. The Hall–Kier alpha value is -1.47. The molecule has 0 aromatic heterocycles. The zero-order chi connectivity index (χ0) is 11.8. The molecular formula is C8H10N2O4S. The van der Waals surface area contributed by atoms with Gasteiger partial charge in [0.05, 0.1) is 9.82 Å². The van der Waals surface area contributed by atoms with Gasteiger partial charge in [0, 0.05) is 11.6 Å². The summed E-state index contributed by atoms with van der Waals surface area (Å²) in [5.41, 5.74) is 0.512. The van der Waals surface area contributed by atoms with E-state index in [0.29, 0.717) is 11.1 Å². The van der Waals surface area contributed by atoms with Crippen molar-refractivity contribution in [2.75, 3.05) is 0 Å². The maximum atomic E-state index is 11.1. The van der Waals surface area contributed by atoms with Crippen LogP contribution in [0.3, 0.4) is 0 Å². The first-order chi connectivity index (χ1) is 6.75. The number of nitro groups is 1. The zero-order valence-electron chi connectivity index (χ0n) is 8.22. The van der Waals surface area contributed by atoms with Crippen LogP contribution in [0.5, 0.6) is 0 Å². The molecule has 0 heterocycles. The molecule has 1 rings (SSSR count). The predicted octanol–water partition coefficient (Wildman–Crippen LogP) is 0.859. The van der Waals surface area contributed by atoms with E-state index in [1.165, 1.54) is 13.8 Å². The predicted molar refractivity (Wildman–Crippen MR) is 53.9 cm³/mol. The first-order valence-electron chi connectivity index (χ1n) is 4.02. The molecule has 82 valence electrons. The number of nitrogens with two attached hydrogens (primary N) is 1. The molecule has 1 aromatic carbocycles. The minimum absolute atomic E-state index is 0.0781. The van der Waals surface area contributed by atoms with Crippen LogP contribution in [-0.2, 0) is 10.0 Å². The number of hydrogen-bond donors (Lipinski definition) is 1. The monoisotopic (exact) mass is 230 g/mol. The number of nitrogens with zero attached hydrogens (tertiary/aromatic N) is 1. The van der Waals surface area contributed by atoms with Gasteiger partial charge in [0.1, 0.15) is 0 Å². The molecule has 0 amide bonds. The molecule has 0 fully saturated rings. The second-order valence-electron chi connectivity index (χ2n) is 3.13. The van der Waals surface area contributed by atoms with Crippen molar-refractivity contribution in [3.8, 4) is 0 Å². The highest BCUT2D eigenvalue weighted by Gasteiger charge is 2.19. The van der Waals surface area contributed by atoms with Crippen molar-refractivity contribution < 1.29 is 13.3 Å². The Morgan fingerprint density at radius 2 is 1.80 bits per heavy atom. The normalized spacial score (nSPS) is 11.4. The van der Waals surface area contributed by atoms with E-state index in [4.69, 9.17) is 5.14 Å². The van der Waals surface area contributed by atoms with Crippen LogP contribution >= 0.6 is 0 Å². The molecule has 0 aliphatic carbocycles. The Labute approximate surface area is 86.9 Å². The highest BCUT2D eigenvalue weighted by molar-refractivity contribution is 7.89. The fraction of sp³-hybridized carbons (Fsp3) is 0.250. The van der Waals surface area contributed by atoms with Crippen LogP contribution in [0.2, 0.25) is 0 Å². The molecule has 0 aliphatic heterocycles. The number of rotatable bonds is 2. The summed E-state index contributed by atoms with van der Waals surface area (Å²) in [6.07, 6.45) is 0. The zero-order valence-corrected chi connectivity index (χ0v) is 9.04. The molecular weight excluding hydrogens is 220 g/mol. The van der Waals surface area contributed by atoms with Crippen LogP contribution in [0.15, 0.2) is 17.0 Å². The maximum absolute atomic E-state index is 11.1. The van der Waals surface area contributed by atoms with Crippen molar-refractivity contribution in [3.05, 3.63) is 33.4 Å². The van der Waals surface area contributed by atoms with Crippen molar-refractivity contribution in [2.24, 2.45) is 5.14 Å². The Bertz CT molecular complexity index is 522. The van der Waals surface area contributed by atoms with Crippen LogP contribution < -0.4 is 5.14 Å². The molecule has 0 radical (unpaired) electrons. The Balaban J connectivity index is 3.55. The molecule has 0 atom stereocenters. The molecule has 0 spiro atoms. The lowest BCUT2D eigenvalue weighted by Gasteiger charge is -2.06. The highest BCUT2D eigenvalue weighted by atomic mass is 32.2. The van der Waals surface area contributed by atoms with Gasteiger partial charge in [-0.1, -0.05) is 0 Å². The minimum Gasteiger partial charge on any atom is -0.258 e. The highest BCUT2D eigenvalue weighted by Crippen LogP contribution is 2.25. The van der Waals surface area contributed by atoms with E-state index < -0.39 is 14.9 Å². The summed E-state index contributed by atoms with van der Waals surface area (Å²) in [4.78, 5) is 9.92. The number of sulfonamides is 1. The topological polar surface area (TPSA) is 103 Å². The minimum atomic E-state index is -3.82. The van der Waals surface area contributed by atoms with Crippen molar-refractivity contribution in [2.45, 2.75) is 18.7 Å². The van der Waals surface area contributed by atoms with Crippen LogP contribution in [0.4, 0.5) is 5.69 Å². The fourth-order valence-corrected chi connectivity index (χ4v) is 2.13. The average molecular weight is 230 g/mol. The molecule has 0 bridgehead atoms. The van der Waals surface area contributed by atoms with E-state index in [1.54, 1.807) is 0 Å². The maximum Gasteiger partial charge on any atom is 0.272 e. The van der Waals surface area contributed by atoms with E-state index in [-0.39, 0.29) is 10.6 Å². The third kappa shape index (κ3) is 2.13. The standard InChI is InChI=1S/C8H10N2O4S/c1-5-6(2)8(15(9,13)14)4-3-7(5)10(11)12/h3-4H,1-2H3,(H2,9,13,14). The first-order valence-corrected chi connectivity index (χ1v) is 5.57. The van der Waals surface area contributed by atoms with Crippen LogP contribution in [0, 0.1) is 24.0 Å². The van der Waals surface area contributed by atoms with Gasteiger partial charge in [-0.3, -0.25) is 10.1 Å². The second-order valence-corrected chi connectivity index (χ2v) is 4.66. The Kier molecular flexibility index (Phi) is 2.78. The molecule has 0 saturated carbocycles. The van der Waals surface area contributed by atoms with E-state index in [9.17, 15) is 18.5 Å². The van der Waals surface area contributed by atoms with Gasteiger partial charge in [-0.25, -0.2) is 13.6 Å². The van der Waals surface area contributed by atoms with E-state index in [1.807, 2.05) is 0 Å². The third-order valence-corrected chi connectivity index (χ3v) is 3.27. The quantitative estimate of drug-likeness (QED) is 0.601. The van der Waals surface area contributed by atoms with Crippen LogP contribution in [-0.4, -0.2) is 13.3 Å². The van der Waals surface area contributed by atoms with E-state index in [2.05, 4.69) is 0 Å². The molecule has 0 aliphatic rings. The van der Waals surface area contributed by atoms with Crippen molar-refractivity contribution in [3.63, 3.8) is 0 Å². The summed E-state index contributed by atoms with van der Waals surface area (Å²) in [7, 11) is -3.82. The van der Waals surface area contributed by atoms with Crippen molar-refractivity contribution in [1.29, 1.82) is 0 Å². The number of benzene rings is 1. The second kappa shape index (κ2) is 3.59. The third-order valence-electron chi connectivity index (χ3n) is 2.21. The molecule has 2 N–H and O–H groups in total. The molecule has 6 nitrogen and oxygen atoms in total. The lowest BCUT2D eigenvalue weighted by Crippen LogP contribution is -2.14. The van der Waals surface area contributed by atoms with Gasteiger partial charge in [-0.2, -0.15) is 0 Å². The smallest absolute Gasteiger partial charge is 0.258 e. The van der Waals surface area contributed by atoms with Gasteiger partial charge in [0.25, 0.3) is 5.69 Å². The molecule has 0 saturated heterocycles. The Morgan fingerprint density at radius 3 is 2.20 bits per heavy atom. The fourth-order valence-electron chi connectivity index (χ4n) is 1.29. The number of primary sulfonamides is 1. The largest absolute Gasteiger partial charge is 0.272 e. The van der Waals surface area contributed by atoms with E-state index >= 15 is 0 Å². The van der Waals surface area contributed by atoms with Gasteiger partial charge in [-0.05, 0) is 25.5 Å². The van der Waals surface area contributed by atoms with Gasteiger partial charge in [-0.15, -0.1) is 0 Å². The lowest BCUT2D eigenvalue weighted by atomic mass is 10.1. The van der Waals surface area contributed by atoms with E-state index in [0.717, 1.165) is 12.1 Å². The summed E-state index contributed by atoms with van der Waals surface area (Å²) < 4.78 is 22.2. The van der Waals surface area contributed by atoms with Gasteiger partial charge in [0.15, 0.2) is 0 Å². The number of hydrogen-bond acceptors (Lipinski definition) is 4. The summed E-state index contributed by atoms with van der Waals surface area (Å²) >= 11 is 0. The summed E-state index contributed by atoms with van der Waals surface area (Å²) in [6, 6.07) is 2.29. The summed E-state index contributed by atoms with van der Waals surface area (Å²) in [5, 5.41) is 15.5. The molecule has 1 aromatic rings. The first kappa shape index (κ1) is 11.6. The lowest BCUT2D eigenvalue weighted by molar-refractivity contribution is -0.385. The Morgan fingerprint density at radius 1 is 1.27 bits per heavy atom. The molecule has 15 heavy (non-hydrogen) atoms. The van der Waals surface area contributed by atoms with Crippen LogP contribution in [0.25, 0.3) is 0 Å². The van der Waals surface area contributed by atoms with Gasteiger partial charge >= 0.3 is 0 Å². The molecule has 7 heteroatoms. The number of nitro benzene ring substituents is 1. The van der Waals surface area contributed by atoms with Crippen molar-refractivity contribution in [1.82, 2.24) is 0 Å². The van der Waals surface area contributed by atoms with Crippen LogP contribution in [0.1, 0.15) is 11.1 Å². The average Bonchev–Trinajstić information content (AvgIpc) is 2.06. The van der Waals surface area contributed by atoms with Gasteiger partial charge in [0.2, 0.25) is 10.0 Å². The summed E-state index contributed by atoms with van der Waals surface area (Å²) in [5.74, 6) is 0. The SMILES string of the molecule is Cc1c([N+](=O)[O-])ccc(S(N)(=O)=O)c1C.